The van der Waals surface area contributed by atoms with Crippen LogP contribution >= 0.6 is 7.60 Å². The second-order valence-corrected chi connectivity index (χ2v) is 9.65. The summed E-state index contributed by atoms with van der Waals surface area (Å²) < 4.78 is 10.8. The van der Waals surface area contributed by atoms with Crippen molar-refractivity contribution in [2.75, 3.05) is 6.16 Å². The van der Waals surface area contributed by atoms with Gasteiger partial charge in [-0.25, -0.2) is 0 Å². The molecule has 23 heavy (non-hydrogen) atoms. The number of phenols is 1. The Morgan fingerprint density at radius 2 is 1.39 bits per heavy atom. The molecule has 0 aliphatic carbocycles. The van der Waals surface area contributed by atoms with Gasteiger partial charge < -0.3 is 19.5 Å². The molecule has 1 aromatic rings. The molecule has 0 spiro atoms. The van der Waals surface area contributed by atoms with Gasteiger partial charge in [0.2, 0.25) is 0 Å². The van der Waals surface area contributed by atoms with Crippen LogP contribution in [0.4, 0.5) is 0 Å². The Labute approximate surface area is 149 Å². The average Bonchev–Trinajstić information content (AvgIpc) is 2.26. The van der Waals surface area contributed by atoms with E-state index in [1.54, 1.807) is 0 Å². The van der Waals surface area contributed by atoms with Crippen LogP contribution in [0, 0.1) is 0 Å². The third kappa shape index (κ3) is 6.97. The molecule has 0 atom stereocenters. The molecule has 0 aliphatic heterocycles. The Morgan fingerprint density at radius 1 is 1.00 bits per heavy atom. The van der Waals surface area contributed by atoms with E-state index in [1.165, 1.54) is 0 Å². The average molecular weight is 385 g/mol. The standard InChI is InChI=1S/C17H29O4P.Ni/c1-16(2,3)13-10-12(8-7-9-22(19,20)21)11-14(15(13)18)17(4,5)6;/h10-11,18H,7-9H2,1-6H3,(H2,19,20,21);/q;+2/p-2. The largest absolute Gasteiger partial charge is 2.00 e. The van der Waals surface area contributed by atoms with E-state index in [1.807, 2.05) is 53.7 Å². The van der Waals surface area contributed by atoms with Gasteiger partial charge >= 0.3 is 16.5 Å². The number of rotatable bonds is 4. The monoisotopic (exact) mass is 384 g/mol. The van der Waals surface area contributed by atoms with Crippen molar-refractivity contribution in [3.05, 3.63) is 28.8 Å². The Kier molecular flexibility index (Phi) is 7.59. The van der Waals surface area contributed by atoms with Gasteiger partial charge in [-0.05, 0) is 46.5 Å². The molecule has 0 fully saturated rings. The fourth-order valence-corrected chi connectivity index (χ4v) is 3.00. The van der Waals surface area contributed by atoms with Crippen molar-refractivity contribution in [2.45, 2.75) is 65.2 Å². The molecule has 134 valence electrons. The maximum Gasteiger partial charge on any atom is 2.00 e. The van der Waals surface area contributed by atoms with Crippen LogP contribution in [0.15, 0.2) is 12.1 Å². The predicted molar refractivity (Wildman–Crippen MR) is 86.3 cm³/mol. The first-order chi connectivity index (χ1) is 9.72. The van der Waals surface area contributed by atoms with Crippen LogP contribution in [0.1, 0.15) is 64.7 Å². The SMILES string of the molecule is CC(C)(C)c1cc(CCCP(=O)([O-])[O-])cc(C(C)(C)C)c1O.[Ni+2]. The van der Waals surface area contributed by atoms with Gasteiger partial charge in [0, 0.05) is 0 Å². The Morgan fingerprint density at radius 3 is 1.70 bits per heavy atom. The van der Waals surface area contributed by atoms with Gasteiger partial charge in [-0.1, -0.05) is 61.3 Å². The van der Waals surface area contributed by atoms with Gasteiger partial charge in [0.25, 0.3) is 0 Å². The van der Waals surface area contributed by atoms with Crippen molar-refractivity contribution >= 4 is 7.60 Å². The number of aryl methyl sites for hydroxylation is 1. The molecular formula is C17H27NiO4P. The summed E-state index contributed by atoms with van der Waals surface area (Å²) in [6, 6.07) is 3.84. The second kappa shape index (κ2) is 7.70. The summed E-state index contributed by atoms with van der Waals surface area (Å²) in [5, 5.41) is 10.6. The van der Waals surface area contributed by atoms with E-state index in [2.05, 4.69) is 0 Å². The molecule has 0 saturated carbocycles. The molecule has 4 nitrogen and oxygen atoms in total. The van der Waals surface area contributed by atoms with Crippen LogP contribution in [-0.4, -0.2) is 11.3 Å². The molecule has 0 unspecified atom stereocenters. The van der Waals surface area contributed by atoms with E-state index in [0.29, 0.717) is 18.6 Å². The minimum Gasteiger partial charge on any atom is -0.811 e. The first-order valence-corrected chi connectivity index (χ1v) is 9.32. The Hall–Kier alpha value is -0.336. The summed E-state index contributed by atoms with van der Waals surface area (Å²) in [5.41, 5.74) is 2.23. The maximum atomic E-state index is 10.8. The molecule has 0 bridgehead atoms. The zero-order chi connectivity index (χ0) is 17.3. The van der Waals surface area contributed by atoms with Crippen LogP contribution in [0.5, 0.6) is 5.75 Å². The summed E-state index contributed by atoms with van der Waals surface area (Å²) in [6.07, 6.45) is 0.493. The van der Waals surface area contributed by atoms with Crippen molar-refractivity contribution < 1.29 is 35.9 Å². The summed E-state index contributed by atoms with van der Waals surface area (Å²) >= 11 is 0. The predicted octanol–water partition coefficient (Wildman–Crippen LogP) is 2.83. The normalized spacial score (nSPS) is 12.9. The molecular weight excluding hydrogens is 358 g/mol. The topological polar surface area (TPSA) is 83.4 Å². The third-order valence-corrected chi connectivity index (χ3v) is 4.55. The van der Waals surface area contributed by atoms with Crippen molar-refractivity contribution in [3.63, 3.8) is 0 Å². The summed E-state index contributed by atoms with van der Waals surface area (Å²) in [4.78, 5) is 21.5. The molecule has 6 heteroatoms. The summed E-state index contributed by atoms with van der Waals surface area (Å²) in [6.45, 7) is 12.2. The quantitative estimate of drug-likeness (QED) is 0.638. The van der Waals surface area contributed by atoms with Crippen LogP contribution in [0.25, 0.3) is 0 Å². The number of phenolic OH excluding ortho intramolecular Hbond substituents is 1. The molecule has 0 radical (unpaired) electrons. The van der Waals surface area contributed by atoms with E-state index in [-0.39, 0.29) is 33.5 Å². The van der Waals surface area contributed by atoms with Crippen LogP contribution in [-0.2, 0) is 38.3 Å². The number of hydrogen-bond acceptors (Lipinski definition) is 4. The molecule has 0 aromatic heterocycles. The molecule has 0 saturated heterocycles. The molecule has 1 N–H and O–H groups in total. The van der Waals surface area contributed by atoms with Crippen molar-refractivity contribution in [1.82, 2.24) is 0 Å². The van der Waals surface area contributed by atoms with Gasteiger partial charge in [-0.2, -0.15) is 0 Å². The minimum atomic E-state index is -4.45. The maximum absolute atomic E-state index is 10.8. The Bertz CT molecular complexity index is 544. The minimum absolute atomic E-state index is 0. The van der Waals surface area contributed by atoms with Gasteiger partial charge in [-0.15, -0.1) is 0 Å². The van der Waals surface area contributed by atoms with Gasteiger partial charge in [0.05, 0.1) is 0 Å². The second-order valence-electron chi connectivity index (χ2n) is 7.98. The molecule has 1 rings (SSSR count). The fourth-order valence-electron chi connectivity index (χ4n) is 2.46. The van der Waals surface area contributed by atoms with Crippen LogP contribution < -0.4 is 9.79 Å². The number of benzene rings is 1. The fraction of sp³-hybridized carbons (Fsp3) is 0.647. The van der Waals surface area contributed by atoms with E-state index in [0.717, 1.165) is 16.7 Å². The van der Waals surface area contributed by atoms with E-state index in [4.69, 9.17) is 0 Å². The van der Waals surface area contributed by atoms with Crippen LogP contribution in [0.2, 0.25) is 0 Å². The smallest absolute Gasteiger partial charge is 0.811 e. The van der Waals surface area contributed by atoms with Gasteiger partial charge in [0.15, 0.2) is 0 Å². The van der Waals surface area contributed by atoms with E-state index in [9.17, 15) is 19.5 Å². The molecule has 0 aliphatic rings. The molecule has 0 amide bonds. The third-order valence-electron chi connectivity index (χ3n) is 3.68. The number of hydrogen-bond donors (Lipinski definition) is 1. The summed E-state index contributed by atoms with van der Waals surface area (Å²) in [5.74, 6) is 0.307. The van der Waals surface area contributed by atoms with Crippen molar-refractivity contribution in [2.24, 2.45) is 0 Å². The number of aromatic hydroxyl groups is 1. The van der Waals surface area contributed by atoms with Crippen LogP contribution in [0.3, 0.4) is 0 Å². The van der Waals surface area contributed by atoms with E-state index < -0.39 is 7.60 Å². The molecule has 0 heterocycles. The van der Waals surface area contributed by atoms with E-state index >= 15 is 0 Å². The zero-order valence-electron chi connectivity index (χ0n) is 14.7. The van der Waals surface area contributed by atoms with Gasteiger partial charge in [0.1, 0.15) is 5.75 Å². The molecule has 1 aromatic carbocycles. The first kappa shape index (κ1) is 22.7. The van der Waals surface area contributed by atoms with Crippen molar-refractivity contribution in [1.29, 1.82) is 0 Å². The summed E-state index contributed by atoms with van der Waals surface area (Å²) in [7, 11) is -4.45. The van der Waals surface area contributed by atoms with Crippen molar-refractivity contribution in [3.8, 4) is 5.75 Å². The van der Waals surface area contributed by atoms with Gasteiger partial charge in [-0.3, -0.25) is 0 Å². The first-order valence-electron chi connectivity index (χ1n) is 7.60. The zero-order valence-corrected chi connectivity index (χ0v) is 16.6. The Balaban J connectivity index is 0.00000484.